The van der Waals surface area contributed by atoms with Gasteiger partial charge in [0.15, 0.2) is 11.4 Å². The number of ether oxygens (including phenoxy) is 10. The van der Waals surface area contributed by atoms with Crippen molar-refractivity contribution in [2.45, 2.75) is 239 Å². The van der Waals surface area contributed by atoms with Gasteiger partial charge in [-0.1, -0.05) is 128 Å². The molecule has 5 saturated carbocycles. The predicted octanol–water partition coefficient (Wildman–Crippen LogP) is 12.6. The SMILES string of the molecule is CO[C@H]1C(=O)[C@]2(C)[C@@H](OC)C[C@H]3OC[C@@]3(OC(C)=O)[C@H]2[C@H](OC(=O)c2ccccc2)[C@]2(O)C[C@H](OC(=O)[C@H](OC(=O)COCCO[C@H]3CC[C@@]4(C)C(=CCC5C6CCC(C(C)CCCC(C)C)[C@@]6(C)CCC54)C3)[C@@H](NC(=O)OC(C)(C)C)c3ccccc3)C(C)=C1C2(C)C. The lowest BCUT2D eigenvalue weighted by molar-refractivity contribution is -0.347. The average Bonchev–Trinajstić information content (AvgIpc) is 0.758. The van der Waals surface area contributed by atoms with E-state index in [-0.39, 0.29) is 48.9 Å². The standard InChI is InChI=1S/C76H107NO17/c1-44(2)23-22-24-45(3)53-31-32-54-52-30-29-50-39-51(33-35-72(50,11)55(52)34-36-73(53,54)12)88-38-37-87-42-59(79)91-63(61(48-25-18-16-19-26-48)77-69(83)94-70(6,7)8)68(82)90-56-41-76(84)66(92-67(81)49-27-20-17-21-28-49)64-74(13,65(80)62(86-15)60(46(56)4)71(76,9)10)57(85-14)40-58-75(64,43-89-58)93-47(5)78/h16-21,25-29,44-45,51-58,61-64,66,84H,22-24,30-43H2,1-15H3,(H,77,83)/t45?,51-,52?,53?,54?,55?,56-,57-,58+,61-,62+,63+,64-,66-,72-,73+,74+,75-,76+/m0/s1. The summed E-state index contributed by atoms with van der Waals surface area (Å²) in [6, 6.07) is 15.1. The van der Waals surface area contributed by atoms with Crippen LogP contribution in [0.1, 0.15) is 195 Å². The highest BCUT2D eigenvalue weighted by atomic mass is 16.6. The summed E-state index contributed by atoms with van der Waals surface area (Å²) in [5, 5.41) is 17.0. The number of ketones is 1. The normalized spacial score (nSPS) is 35.8. The van der Waals surface area contributed by atoms with Crippen LogP contribution in [0.5, 0.6) is 0 Å². The number of hydrogen-bond acceptors (Lipinski definition) is 17. The van der Waals surface area contributed by atoms with E-state index in [0.29, 0.717) is 22.5 Å². The van der Waals surface area contributed by atoms with Gasteiger partial charge in [0.05, 0.1) is 48.9 Å². The van der Waals surface area contributed by atoms with Crippen LogP contribution in [-0.2, 0) is 66.5 Å². The summed E-state index contributed by atoms with van der Waals surface area (Å²) in [5.41, 5.74) is -5.11. The van der Waals surface area contributed by atoms with Crippen molar-refractivity contribution < 1.29 is 81.2 Å². The first-order chi connectivity index (χ1) is 44.4. The zero-order chi connectivity index (χ0) is 68.1. The van der Waals surface area contributed by atoms with Crippen LogP contribution in [0.4, 0.5) is 4.79 Å². The molecule has 18 nitrogen and oxygen atoms in total. The Labute approximate surface area is 557 Å². The van der Waals surface area contributed by atoms with Gasteiger partial charge in [-0.25, -0.2) is 19.2 Å². The molecule has 0 radical (unpaired) electrons. The third-order valence-electron chi connectivity index (χ3n) is 24.3. The molecule has 19 atom stereocenters. The largest absolute Gasteiger partial charge is 0.455 e. The molecule has 2 bridgehead atoms. The fourth-order valence-electron chi connectivity index (χ4n) is 19.6. The van der Waals surface area contributed by atoms with E-state index in [1.54, 1.807) is 109 Å². The van der Waals surface area contributed by atoms with Crippen molar-refractivity contribution in [2.75, 3.05) is 40.6 Å². The minimum Gasteiger partial charge on any atom is -0.455 e. The maximum atomic E-state index is 16.0. The van der Waals surface area contributed by atoms with Gasteiger partial charge in [-0.3, -0.25) is 9.59 Å². The minimum atomic E-state index is -2.31. The second-order valence-electron chi connectivity index (χ2n) is 31.5. The first-order valence-electron chi connectivity index (χ1n) is 34.8. The number of carbonyl (C=O) groups is 6. The Hall–Kier alpha value is -5.50. The van der Waals surface area contributed by atoms with Crippen molar-refractivity contribution >= 4 is 35.8 Å². The minimum absolute atomic E-state index is 0.000309. The number of amides is 1. The third kappa shape index (κ3) is 13.2. The van der Waals surface area contributed by atoms with Crippen LogP contribution in [0, 0.1) is 63.1 Å². The van der Waals surface area contributed by atoms with Gasteiger partial charge >= 0.3 is 30.0 Å². The highest BCUT2D eigenvalue weighted by Crippen LogP contribution is 2.69. The fourth-order valence-corrected chi connectivity index (χ4v) is 19.6. The van der Waals surface area contributed by atoms with E-state index in [9.17, 15) is 24.3 Å². The molecule has 7 aliphatic carbocycles. The Morgan fingerprint density at radius 3 is 2.18 bits per heavy atom. The van der Waals surface area contributed by atoms with Crippen molar-refractivity contribution in [1.82, 2.24) is 5.32 Å². The summed E-state index contributed by atoms with van der Waals surface area (Å²) in [5.74, 6) is -1.07. The molecule has 5 unspecified atom stereocenters. The maximum absolute atomic E-state index is 16.0. The Morgan fingerprint density at radius 1 is 0.840 bits per heavy atom. The zero-order valence-electron chi connectivity index (χ0n) is 58.5. The molecule has 1 amide bonds. The molecule has 1 aliphatic heterocycles. The molecule has 2 N–H and O–H groups in total. The molecule has 1 heterocycles. The second kappa shape index (κ2) is 27.8. The third-order valence-corrected chi connectivity index (χ3v) is 24.3. The molecule has 94 heavy (non-hydrogen) atoms. The van der Waals surface area contributed by atoms with E-state index in [4.69, 9.17) is 47.4 Å². The van der Waals surface area contributed by atoms with E-state index in [2.05, 4.69) is 46.0 Å². The average molecular weight is 1310 g/mol. The molecule has 18 heteroatoms. The Morgan fingerprint density at radius 2 is 1.54 bits per heavy atom. The molecule has 6 fully saturated rings. The van der Waals surface area contributed by atoms with Gasteiger partial charge in [-0.05, 0) is 161 Å². The fraction of sp³-hybridized carbons (Fsp3) is 0.711. The summed E-state index contributed by atoms with van der Waals surface area (Å²) >= 11 is 0. The summed E-state index contributed by atoms with van der Waals surface area (Å²) in [7, 11) is 2.80. The molecule has 2 aromatic carbocycles. The Kier molecular flexibility index (Phi) is 21.1. The molecular weight excluding hydrogens is 1200 g/mol. The number of benzene rings is 2. The number of rotatable bonds is 22. The number of nitrogens with one attached hydrogen (secondary N) is 1. The summed E-state index contributed by atoms with van der Waals surface area (Å²) in [4.78, 5) is 87.9. The molecule has 0 spiro atoms. The van der Waals surface area contributed by atoms with Gasteiger partial charge in [-0.15, -0.1) is 0 Å². The number of esters is 4. The summed E-state index contributed by atoms with van der Waals surface area (Å²) in [6.45, 7) is 24.8. The Bertz CT molecular complexity index is 3160. The van der Waals surface area contributed by atoms with Gasteiger partial charge < -0.3 is 57.8 Å². The molecule has 518 valence electrons. The van der Waals surface area contributed by atoms with E-state index >= 15 is 9.59 Å². The van der Waals surface area contributed by atoms with Crippen LogP contribution in [-0.4, -0.2) is 141 Å². The van der Waals surface area contributed by atoms with E-state index in [1.165, 1.54) is 71.7 Å². The number of fused-ring (bicyclic) bond motifs is 10. The molecule has 0 aromatic heterocycles. The summed E-state index contributed by atoms with van der Waals surface area (Å²) in [6.07, 6.45) is 6.18. The van der Waals surface area contributed by atoms with Crippen LogP contribution >= 0.6 is 0 Å². The first-order valence-corrected chi connectivity index (χ1v) is 34.8. The molecule has 2 aromatic rings. The molecule has 10 rings (SSSR count). The molecule has 1 saturated heterocycles. The first kappa shape index (κ1) is 71.3. The topological polar surface area (TPSA) is 227 Å². The number of alkyl carbamates (subject to hydrolysis) is 1. The number of methoxy groups -OCH3 is 2. The van der Waals surface area contributed by atoms with Crippen LogP contribution in [0.2, 0.25) is 0 Å². The molecular formula is C76H107NO17. The van der Waals surface area contributed by atoms with E-state index in [0.717, 1.165) is 55.3 Å². The number of allylic oxidation sites excluding steroid dienone is 1. The lowest BCUT2D eigenvalue weighted by Crippen LogP contribution is -2.82. The number of Topliss-reactive ketones (excluding diaryl/α,β-unsaturated/α-hetero) is 1. The van der Waals surface area contributed by atoms with Crippen molar-refractivity contribution in [3.05, 3.63) is 94.6 Å². The van der Waals surface area contributed by atoms with E-state index in [1.807, 2.05) is 0 Å². The van der Waals surface area contributed by atoms with E-state index < -0.39 is 125 Å². The predicted molar refractivity (Wildman–Crippen MR) is 351 cm³/mol. The number of aliphatic hydroxyl groups is 1. The quantitative estimate of drug-likeness (QED) is 0.0483. The van der Waals surface area contributed by atoms with Gasteiger partial charge in [-0.2, -0.15) is 0 Å². The van der Waals surface area contributed by atoms with Crippen molar-refractivity contribution in [1.29, 1.82) is 0 Å². The molecule has 8 aliphatic rings. The van der Waals surface area contributed by atoms with Crippen molar-refractivity contribution in [2.24, 2.45) is 63.1 Å². The van der Waals surface area contributed by atoms with Crippen molar-refractivity contribution in [3.63, 3.8) is 0 Å². The second-order valence-corrected chi connectivity index (χ2v) is 31.5. The van der Waals surface area contributed by atoms with Gasteiger partial charge in [0.1, 0.15) is 48.3 Å². The van der Waals surface area contributed by atoms with Crippen LogP contribution in [0.3, 0.4) is 0 Å². The lowest BCUT2D eigenvalue weighted by atomic mass is 9.44. The van der Waals surface area contributed by atoms with Crippen molar-refractivity contribution in [3.8, 4) is 0 Å². The monoisotopic (exact) mass is 1310 g/mol. The highest BCUT2D eigenvalue weighted by molar-refractivity contribution is 5.94. The number of carbonyl (C=O) groups excluding carboxylic acids is 6. The van der Waals surface area contributed by atoms with Crippen LogP contribution < -0.4 is 5.32 Å². The zero-order valence-corrected chi connectivity index (χ0v) is 58.5. The van der Waals surface area contributed by atoms with Crippen LogP contribution in [0.15, 0.2) is 83.5 Å². The smallest absolute Gasteiger partial charge is 0.408 e. The highest BCUT2D eigenvalue weighted by Gasteiger charge is 2.78. The maximum Gasteiger partial charge on any atom is 0.408 e. The van der Waals surface area contributed by atoms with Gasteiger partial charge in [0.25, 0.3) is 0 Å². The number of hydrogen-bond donors (Lipinski definition) is 2. The lowest BCUT2D eigenvalue weighted by Gasteiger charge is -2.67. The van der Waals surface area contributed by atoms with Gasteiger partial charge in [0, 0.05) is 39.4 Å². The summed E-state index contributed by atoms with van der Waals surface area (Å²) < 4.78 is 62.4. The Balaban J connectivity index is 0.892. The van der Waals surface area contributed by atoms with Crippen LogP contribution in [0.25, 0.3) is 0 Å². The van der Waals surface area contributed by atoms with Gasteiger partial charge in [0.2, 0.25) is 6.10 Å².